The molecular weight excluding hydrogens is 498 g/mol. The van der Waals surface area contributed by atoms with Gasteiger partial charge in [0.05, 0.1) is 16.7 Å². The fourth-order valence-corrected chi connectivity index (χ4v) is 5.15. The van der Waals surface area contributed by atoms with Crippen LogP contribution in [-0.4, -0.2) is 44.0 Å². The Balaban J connectivity index is 2.10. The quantitative estimate of drug-likeness (QED) is 0.166. The van der Waals surface area contributed by atoms with Gasteiger partial charge < -0.3 is 18.9 Å². The van der Waals surface area contributed by atoms with E-state index < -0.39 is 5.54 Å². The van der Waals surface area contributed by atoms with Crippen LogP contribution in [0.5, 0.6) is 0 Å². The maximum absolute atomic E-state index is 6.34. The molecule has 5 nitrogen and oxygen atoms in total. The third kappa shape index (κ3) is 9.25. The zero-order valence-corrected chi connectivity index (χ0v) is 25.6. The van der Waals surface area contributed by atoms with Crippen molar-refractivity contribution in [2.45, 2.75) is 96.2 Å². The largest absolute Gasteiger partial charge is 0.356 e. The van der Waals surface area contributed by atoms with Crippen LogP contribution < -0.4 is 5.32 Å². The molecule has 0 aliphatic heterocycles. The van der Waals surface area contributed by atoms with Crippen molar-refractivity contribution < 1.29 is 18.9 Å². The molecule has 3 aromatic carbocycles. The molecule has 3 unspecified atom stereocenters. The van der Waals surface area contributed by atoms with Crippen LogP contribution in [-0.2, 0) is 24.5 Å². The Hall–Kier alpha value is -2.54. The van der Waals surface area contributed by atoms with Gasteiger partial charge in [0.15, 0.2) is 12.6 Å². The van der Waals surface area contributed by atoms with Crippen LogP contribution in [0.25, 0.3) is 0 Å². The summed E-state index contributed by atoms with van der Waals surface area (Å²) in [5.41, 5.74) is 2.23. The van der Waals surface area contributed by atoms with Gasteiger partial charge in [-0.05, 0) is 71.1 Å². The summed E-state index contributed by atoms with van der Waals surface area (Å²) in [5.74, 6) is 0. The van der Waals surface area contributed by atoms with Crippen LogP contribution >= 0.6 is 0 Å². The lowest BCUT2D eigenvalue weighted by Gasteiger charge is -2.41. The first-order valence-electron chi connectivity index (χ1n) is 14.3. The van der Waals surface area contributed by atoms with Crippen molar-refractivity contribution in [1.82, 2.24) is 5.32 Å². The molecule has 0 saturated heterocycles. The van der Waals surface area contributed by atoms with Gasteiger partial charge >= 0.3 is 0 Å². The zero-order chi connectivity index (χ0) is 29.2. The molecule has 5 heteroatoms. The average molecular weight is 548 g/mol. The Morgan fingerprint density at radius 2 is 0.925 bits per heavy atom. The molecule has 0 aliphatic carbocycles. The summed E-state index contributed by atoms with van der Waals surface area (Å²) in [6, 6.07) is 32.0. The molecule has 0 spiro atoms. The Labute approximate surface area is 242 Å². The highest BCUT2D eigenvalue weighted by Gasteiger charge is 2.39. The molecule has 3 rings (SSSR count). The third-order valence-electron chi connectivity index (χ3n) is 6.76. The molecule has 0 fully saturated rings. The number of methoxy groups -OCH3 is 2. The number of rotatable bonds is 14. The maximum Gasteiger partial charge on any atom is 0.159 e. The smallest absolute Gasteiger partial charge is 0.159 e. The van der Waals surface area contributed by atoms with Gasteiger partial charge in [0, 0.05) is 26.7 Å². The molecule has 40 heavy (non-hydrogen) atoms. The van der Waals surface area contributed by atoms with E-state index in [1.807, 2.05) is 0 Å². The molecule has 0 saturated carbocycles. The lowest BCUT2D eigenvalue weighted by atomic mass is 9.76. The first kappa shape index (κ1) is 32.0. The third-order valence-corrected chi connectivity index (χ3v) is 6.76. The van der Waals surface area contributed by atoms with Crippen LogP contribution in [0, 0.1) is 0 Å². The lowest BCUT2D eigenvalue weighted by molar-refractivity contribution is -0.194. The van der Waals surface area contributed by atoms with E-state index in [0.29, 0.717) is 12.8 Å². The Morgan fingerprint density at radius 3 is 1.27 bits per heavy atom. The van der Waals surface area contributed by atoms with E-state index in [9.17, 15) is 0 Å². The fourth-order valence-electron chi connectivity index (χ4n) is 5.15. The minimum Gasteiger partial charge on any atom is -0.356 e. The van der Waals surface area contributed by atoms with Crippen molar-refractivity contribution >= 4 is 0 Å². The molecule has 0 amide bonds. The summed E-state index contributed by atoms with van der Waals surface area (Å²) in [7, 11) is 3.43. The van der Waals surface area contributed by atoms with E-state index in [2.05, 4.69) is 138 Å². The van der Waals surface area contributed by atoms with E-state index in [0.717, 1.165) is 23.1 Å². The highest BCUT2D eigenvalue weighted by molar-refractivity contribution is 5.49. The summed E-state index contributed by atoms with van der Waals surface area (Å²) in [4.78, 5) is 0. The van der Waals surface area contributed by atoms with Gasteiger partial charge in [-0.1, -0.05) is 91.0 Å². The molecule has 3 aromatic rings. The summed E-state index contributed by atoms with van der Waals surface area (Å²) in [6.07, 6.45) is 1.44. The molecule has 0 radical (unpaired) electrons. The Kier molecular flexibility index (Phi) is 11.5. The van der Waals surface area contributed by atoms with E-state index in [-0.39, 0.29) is 29.8 Å². The summed E-state index contributed by atoms with van der Waals surface area (Å²) in [6.45, 7) is 12.3. The fraction of sp³-hybridized carbons (Fsp3) is 0.486. The Morgan fingerprint density at radius 1 is 0.550 bits per heavy atom. The van der Waals surface area contributed by atoms with Crippen LogP contribution in [0.1, 0.15) is 77.5 Å². The monoisotopic (exact) mass is 547 g/mol. The Bertz CT molecular complexity index is 1010. The second kappa shape index (κ2) is 14.4. The van der Waals surface area contributed by atoms with E-state index in [1.54, 1.807) is 14.2 Å². The van der Waals surface area contributed by atoms with Crippen molar-refractivity contribution in [2.24, 2.45) is 0 Å². The summed E-state index contributed by atoms with van der Waals surface area (Å²) < 4.78 is 24.2. The average Bonchev–Trinajstić information content (AvgIpc) is 2.93. The second-order valence-corrected chi connectivity index (χ2v) is 12.3. The molecule has 218 valence electrons. The van der Waals surface area contributed by atoms with Gasteiger partial charge in [0.25, 0.3) is 0 Å². The highest BCUT2D eigenvalue weighted by Crippen LogP contribution is 2.38. The normalized spacial score (nSPS) is 15.0. The van der Waals surface area contributed by atoms with Crippen LogP contribution in [0.3, 0.4) is 0 Å². The van der Waals surface area contributed by atoms with E-state index >= 15 is 0 Å². The van der Waals surface area contributed by atoms with Crippen molar-refractivity contribution in [3.05, 3.63) is 108 Å². The topological polar surface area (TPSA) is 49.0 Å². The predicted molar refractivity (Wildman–Crippen MR) is 163 cm³/mol. The molecule has 0 aliphatic rings. The maximum atomic E-state index is 6.34. The van der Waals surface area contributed by atoms with Crippen molar-refractivity contribution in [3.63, 3.8) is 0 Å². The number of hydrogen-bond donors (Lipinski definition) is 1. The minimum absolute atomic E-state index is 0.00543. The van der Waals surface area contributed by atoms with Crippen LogP contribution in [0.15, 0.2) is 91.0 Å². The number of hydrogen-bond acceptors (Lipinski definition) is 5. The van der Waals surface area contributed by atoms with Gasteiger partial charge in [0.2, 0.25) is 0 Å². The SMILES string of the molecule is COC(CCC(CC(OC)OC(C)(C)C)NC(c1ccccc1)(c1ccccc1)c1ccccc1)OC(C)(C)C. The minimum atomic E-state index is -0.609. The lowest BCUT2D eigenvalue weighted by Crippen LogP contribution is -2.51. The van der Waals surface area contributed by atoms with Crippen molar-refractivity contribution in [2.75, 3.05) is 14.2 Å². The number of ether oxygens (including phenoxy) is 4. The van der Waals surface area contributed by atoms with E-state index in [1.165, 1.54) is 0 Å². The highest BCUT2D eigenvalue weighted by atomic mass is 16.7. The van der Waals surface area contributed by atoms with Crippen LogP contribution in [0.2, 0.25) is 0 Å². The first-order chi connectivity index (χ1) is 19.0. The van der Waals surface area contributed by atoms with Gasteiger partial charge in [-0.15, -0.1) is 0 Å². The molecular formula is C35H49NO4. The van der Waals surface area contributed by atoms with E-state index in [4.69, 9.17) is 18.9 Å². The van der Waals surface area contributed by atoms with Gasteiger partial charge in [0.1, 0.15) is 0 Å². The molecule has 1 N–H and O–H groups in total. The van der Waals surface area contributed by atoms with Gasteiger partial charge in [-0.3, -0.25) is 5.32 Å². The number of benzene rings is 3. The van der Waals surface area contributed by atoms with Gasteiger partial charge in [-0.2, -0.15) is 0 Å². The van der Waals surface area contributed by atoms with Crippen molar-refractivity contribution in [1.29, 1.82) is 0 Å². The van der Waals surface area contributed by atoms with Gasteiger partial charge in [-0.25, -0.2) is 0 Å². The molecule has 0 aromatic heterocycles. The standard InChI is InChI=1S/C35H49NO4/c1-33(2,3)39-31(37-7)25-24-30(26-32(38-8)40-34(4,5)6)36-35(27-18-12-9-13-19-27,28-20-14-10-15-21-28)29-22-16-11-17-23-29/h9-23,30-32,36H,24-26H2,1-8H3. The molecule has 3 atom stereocenters. The van der Waals surface area contributed by atoms with Crippen molar-refractivity contribution in [3.8, 4) is 0 Å². The first-order valence-corrected chi connectivity index (χ1v) is 14.3. The predicted octanol–water partition coefficient (Wildman–Crippen LogP) is 7.68. The summed E-state index contributed by atoms with van der Waals surface area (Å²) >= 11 is 0. The molecule has 0 heterocycles. The summed E-state index contributed by atoms with van der Waals surface area (Å²) in [5, 5.41) is 4.14. The second-order valence-electron chi connectivity index (χ2n) is 12.3. The van der Waals surface area contributed by atoms with Crippen LogP contribution in [0.4, 0.5) is 0 Å². The molecule has 0 bridgehead atoms. The number of nitrogens with one attached hydrogen (secondary N) is 1. The zero-order valence-electron chi connectivity index (χ0n) is 25.6.